The van der Waals surface area contributed by atoms with Gasteiger partial charge in [0.25, 0.3) is 5.56 Å². The van der Waals surface area contributed by atoms with Crippen molar-refractivity contribution in [3.63, 3.8) is 0 Å². The number of nitrogens with zero attached hydrogens (tertiary/aromatic N) is 3. The van der Waals surface area contributed by atoms with E-state index in [1.165, 1.54) is 6.07 Å². The molecule has 1 aliphatic heterocycles. The molecule has 0 spiro atoms. The van der Waals surface area contributed by atoms with Crippen LogP contribution >= 0.6 is 0 Å². The number of nitrogens with one attached hydrogen (secondary N) is 2. The number of pyridine rings is 1. The van der Waals surface area contributed by atoms with Crippen LogP contribution in [0.15, 0.2) is 41.3 Å². The summed E-state index contributed by atoms with van der Waals surface area (Å²) in [5, 5.41) is 13.1. The second-order valence-corrected chi connectivity index (χ2v) is 8.34. The summed E-state index contributed by atoms with van der Waals surface area (Å²) in [5.41, 5.74) is 3.64. The number of hydrogen-bond acceptors (Lipinski definition) is 6. The third-order valence-electron chi connectivity index (χ3n) is 6.06. The Morgan fingerprint density at radius 1 is 1.22 bits per heavy atom. The van der Waals surface area contributed by atoms with Crippen LogP contribution in [0, 0.1) is 19.7 Å². The molecule has 0 amide bonds. The number of aromatic nitrogens is 3. The number of aromatic amines is 1. The van der Waals surface area contributed by atoms with E-state index in [9.17, 15) is 14.3 Å². The third-order valence-corrected chi connectivity index (χ3v) is 6.06. The van der Waals surface area contributed by atoms with Crippen LogP contribution in [0.3, 0.4) is 0 Å². The van der Waals surface area contributed by atoms with E-state index in [1.54, 1.807) is 32.2 Å². The molecule has 4 rings (SSSR count). The molecule has 0 saturated carbocycles. The van der Waals surface area contributed by atoms with E-state index >= 15 is 0 Å². The SMILES string of the molecule is Cc1nc(-c2ccc(NC(C)c3cc(F)ccc3N3CCC(O)CC3)nc2)[nH]c(=O)c1C. The first-order valence-corrected chi connectivity index (χ1v) is 10.8. The lowest BCUT2D eigenvalue weighted by molar-refractivity contribution is 0.145. The fourth-order valence-corrected chi connectivity index (χ4v) is 3.97. The van der Waals surface area contributed by atoms with Crippen molar-refractivity contribution in [2.24, 2.45) is 0 Å². The quantitative estimate of drug-likeness (QED) is 0.563. The van der Waals surface area contributed by atoms with Gasteiger partial charge in [0.2, 0.25) is 0 Å². The average Bonchev–Trinajstić information content (AvgIpc) is 2.78. The minimum atomic E-state index is -0.289. The zero-order chi connectivity index (χ0) is 22.8. The lowest BCUT2D eigenvalue weighted by Gasteiger charge is -2.34. The normalized spacial score (nSPS) is 15.6. The number of hydrogen-bond donors (Lipinski definition) is 3. The number of H-pyrrole nitrogens is 1. The Kier molecular flexibility index (Phi) is 6.23. The zero-order valence-corrected chi connectivity index (χ0v) is 18.5. The molecule has 1 atom stereocenters. The fraction of sp³-hybridized carbons (Fsp3) is 0.375. The van der Waals surface area contributed by atoms with Crippen LogP contribution in [0.4, 0.5) is 15.9 Å². The van der Waals surface area contributed by atoms with Crippen molar-refractivity contribution in [1.29, 1.82) is 0 Å². The van der Waals surface area contributed by atoms with Crippen molar-refractivity contribution < 1.29 is 9.50 Å². The van der Waals surface area contributed by atoms with Gasteiger partial charge in [-0.2, -0.15) is 0 Å². The van der Waals surface area contributed by atoms with Crippen LogP contribution in [0.25, 0.3) is 11.4 Å². The van der Waals surface area contributed by atoms with Gasteiger partial charge in [-0.3, -0.25) is 4.79 Å². The molecule has 168 valence electrons. The Labute approximate surface area is 186 Å². The van der Waals surface area contributed by atoms with Crippen LogP contribution < -0.4 is 15.8 Å². The number of anilines is 2. The van der Waals surface area contributed by atoms with Crippen molar-refractivity contribution >= 4 is 11.5 Å². The van der Waals surface area contributed by atoms with Gasteiger partial charge < -0.3 is 20.3 Å². The van der Waals surface area contributed by atoms with Crippen molar-refractivity contribution in [3.8, 4) is 11.4 Å². The molecule has 1 aromatic carbocycles. The van der Waals surface area contributed by atoms with E-state index in [2.05, 4.69) is 25.2 Å². The first-order chi connectivity index (χ1) is 15.3. The molecule has 3 heterocycles. The molecule has 1 unspecified atom stereocenters. The van der Waals surface area contributed by atoms with Gasteiger partial charge in [0.15, 0.2) is 0 Å². The van der Waals surface area contributed by atoms with Crippen LogP contribution in [0.1, 0.15) is 42.6 Å². The van der Waals surface area contributed by atoms with Crippen LogP contribution in [-0.2, 0) is 0 Å². The van der Waals surface area contributed by atoms with Gasteiger partial charge >= 0.3 is 0 Å². The molecule has 3 aromatic rings. The molecule has 2 aromatic heterocycles. The van der Waals surface area contributed by atoms with Crippen molar-refractivity contribution in [3.05, 3.63) is 69.5 Å². The fourth-order valence-electron chi connectivity index (χ4n) is 3.97. The van der Waals surface area contributed by atoms with Crippen molar-refractivity contribution in [2.75, 3.05) is 23.3 Å². The molecule has 32 heavy (non-hydrogen) atoms. The zero-order valence-electron chi connectivity index (χ0n) is 18.5. The lowest BCUT2D eigenvalue weighted by Crippen LogP contribution is -2.36. The molecule has 0 radical (unpaired) electrons. The molecule has 1 fully saturated rings. The summed E-state index contributed by atoms with van der Waals surface area (Å²) in [6.45, 7) is 6.99. The maximum atomic E-state index is 14.1. The van der Waals surface area contributed by atoms with Crippen LogP contribution in [0.2, 0.25) is 0 Å². The molecular weight excluding hydrogens is 409 g/mol. The molecule has 0 aliphatic carbocycles. The standard InChI is InChI=1S/C24H28FN5O2/c1-14-15(2)28-23(29-24(14)32)17-4-7-22(26-13-17)27-16(3)20-12-18(25)5-6-21(20)30-10-8-19(31)9-11-30/h4-7,12-13,16,19,31H,8-11H2,1-3H3,(H,26,27)(H,28,29,32). The second-order valence-electron chi connectivity index (χ2n) is 8.34. The molecule has 7 nitrogen and oxygen atoms in total. The molecule has 3 N–H and O–H groups in total. The van der Waals surface area contributed by atoms with E-state index < -0.39 is 0 Å². The highest BCUT2D eigenvalue weighted by atomic mass is 19.1. The van der Waals surface area contributed by atoms with Crippen molar-refractivity contribution in [1.82, 2.24) is 15.0 Å². The summed E-state index contributed by atoms with van der Waals surface area (Å²) in [6, 6.07) is 8.30. The highest BCUT2D eigenvalue weighted by Crippen LogP contribution is 2.31. The maximum Gasteiger partial charge on any atom is 0.254 e. The van der Waals surface area contributed by atoms with E-state index in [-0.39, 0.29) is 23.5 Å². The highest BCUT2D eigenvalue weighted by molar-refractivity contribution is 5.59. The number of rotatable bonds is 5. The number of halogens is 1. The summed E-state index contributed by atoms with van der Waals surface area (Å²) in [4.78, 5) is 25.9. The Morgan fingerprint density at radius 2 is 1.97 bits per heavy atom. The summed E-state index contributed by atoms with van der Waals surface area (Å²) in [6.07, 6.45) is 2.79. The molecule has 1 saturated heterocycles. The minimum absolute atomic E-state index is 0.160. The first-order valence-electron chi connectivity index (χ1n) is 10.8. The van der Waals surface area contributed by atoms with E-state index in [4.69, 9.17) is 0 Å². The number of benzene rings is 1. The topological polar surface area (TPSA) is 94.1 Å². The number of aryl methyl sites for hydroxylation is 1. The maximum absolute atomic E-state index is 14.1. The minimum Gasteiger partial charge on any atom is -0.393 e. The van der Waals surface area contributed by atoms with Gasteiger partial charge in [-0.1, -0.05) is 0 Å². The molecule has 8 heteroatoms. The highest BCUT2D eigenvalue weighted by Gasteiger charge is 2.22. The van der Waals surface area contributed by atoms with Crippen molar-refractivity contribution in [2.45, 2.75) is 45.8 Å². The summed E-state index contributed by atoms with van der Waals surface area (Å²) < 4.78 is 14.1. The monoisotopic (exact) mass is 437 g/mol. The van der Waals surface area contributed by atoms with Gasteiger partial charge in [-0.25, -0.2) is 14.4 Å². The van der Waals surface area contributed by atoms with Gasteiger partial charge in [-0.15, -0.1) is 0 Å². The number of aliphatic hydroxyl groups is 1. The van der Waals surface area contributed by atoms with E-state index in [0.29, 0.717) is 41.3 Å². The summed E-state index contributed by atoms with van der Waals surface area (Å²) in [5.74, 6) is 0.823. The number of piperidine rings is 1. The van der Waals surface area contributed by atoms with Gasteiger partial charge in [0.05, 0.1) is 12.1 Å². The van der Waals surface area contributed by atoms with E-state index in [0.717, 1.165) is 24.3 Å². The second kappa shape index (κ2) is 9.08. The molecule has 0 bridgehead atoms. The summed E-state index contributed by atoms with van der Waals surface area (Å²) in [7, 11) is 0. The predicted molar refractivity (Wildman–Crippen MR) is 123 cm³/mol. The van der Waals surface area contributed by atoms with Gasteiger partial charge in [-0.05, 0) is 63.9 Å². The Balaban J connectivity index is 1.54. The molecular formula is C24H28FN5O2. The Morgan fingerprint density at radius 3 is 2.62 bits per heavy atom. The molecule has 1 aliphatic rings. The first kappa shape index (κ1) is 22.0. The van der Waals surface area contributed by atoms with Gasteiger partial charge in [0.1, 0.15) is 17.5 Å². The summed E-state index contributed by atoms with van der Waals surface area (Å²) >= 11 is 0. The lowest BCUT2D eigenvalue weighted by atomic mass is 10.0. The smallest absolute Gasteiger partial charge is 0.254 e. The number of aliphatic hydroxyl groups excluding tert-OH is 1. The largest absolute Gasteiger partial charge is 0.393 e. The van der Waals surface area contributed by atoms with Crippen LogP contribution in [0.5, 0.6) is 0 Å². The van der Waals surface area contributed by atoms with E-state index in [1.807, 2.05) is 19.1 Å². The third kappa shape index (κ3) is 4.65. The van der Waals surface area contributed by atoms with Crippen LogP contribution in [-0.4, -0.2) is 39.3 Å². The average molecular weight is 438 g/mol. The predicted octanol–water partition coefficient (Wildman–Crippen LogP) is 3.72. The van der Waals surface area contributed by atoms with Gasteiger partial charge in [0, 0.05) is 47.4 Å². The Hall–Kier alpha value is -3.26. The Bertz CT molecular complexity index is 1150.